The van der Waals surface area contributed by atoms with Gasteiger partial charge in [-0.3, -0.25) is 0 Å². The van der Waals surface area contributed by atoms with Crippen LogP contribution < -0.4 is 9.80 Å². The smallest absolute Gasteiger partial charge is 0.418 e. The van der Waals surface area contributed by atoms with E-state index in [1.165, 1.54) is 16.8 Å². The molecule has 0 N–H and O–H groups in total. The summed E-state index contributed by atoms with van der Waals surface area (Å²) >= 11 is 0. The molecule has 0 aromatic heterocycles. The Hall–Kier alpha value is -2.39. The predicted molar refractivity (Wildman–Crippen MR) is 88.6 cm³/mol. The van der Waals surface area contributed by atoms with Gasteiger partial charge in [-0.2, -0.15) is 13.2 Å². The Morgan fingerprint density at radius 3 is 1.85 bits per heavy atom. The van der Waals surface area contributed by atoms with Crippen LogP contribution >= 0.6 is 0 Å². The molecule has 0 amide bonds. The number of hydrogen-bond acceptors (Lipinski definition) is 2. The molecule has 1 atom stereocenters. The highest BCUT2D eigenvalue weighted by atomic mass is 19.5. The fourth-order valence-electron chi connectivity index (χ4n) is 2.83. The van der Waals surface area contributed by atoms with Crippen LogP contribution in [0.4, 0.5) is 41.8 Å². The average Bonchev–Trinajstić information content (AvgIpc) is 2.80. The summed E-state index contributed by atoms with van der Waals surface area (Å²) in [4.78, 5) is 2.70. The molecule has 0 fully saturated rings. The zero-order chi connectivity index (χ0) is 19.5. The Kier molecular flexibility index (Phi) is 5.73. The Morgan fingerprint density at radius 2 is 1.35 bits per heavy atom. The van der Waals surface area contributed by atoms with Crippen molar-refractivity contribution in [2.75, 3.05) is 16.8 Å². The van der Waals surface area contributed by atoms with E-state index in [-0.39, 0.29) is 7.97 Å². The van der Waals surface area contributed by atoms with E-state index in [0.29, 0.717) is 11.4 Å². The predicted octanol–water partition coefficient (Wildman–Crippen LogP) is 5.44. The van der Waals surface area contributed by atoms with E-state index in [2.05, 4.69) is 0 Å². The third-order valence-corrected chi connectivity index (χ3v) is 3.72. The van der Waals surface area contributed by atoms with E-state index in [4.69, 9.17) is 0 Å². The first-order valence-electron chi connectivity index (χ1n) is 7.55. The van der Waals surface area contributed by atoms with Crippen LogP contribution in [0.15, 0.2) is 54.6 Å². The lowest BCUT2D eigenvalue weighted by Gasteiger charge is -2.32. The molecule has 26 heavy (non-hydrogen) atoms. The summed E-state index contributed by atoms with van der Waals surface area (Å²) in [7, 11) is -4.51. The van der Waals surface area contributed by atoms with Crippen molar-refractivity contribution in [2.24, 2.45) is 0 Å². The number of benzene rings is 2. The van der Waals surface area contributed by atoms with Gasteiger partial charge >= 0.3 is 14.9 Å². The summed E-state index contributed by atoms with van der Waals surface area (Å²) in [6.07, 6.45) is -5.95. The number of hydrogen-bond donors (Lipinski definition) is 0. The van der Waals surface area contributed by atoms with Crippen LogP contribution in [0.5, 0.6) is 0 Å². The molecular formula is C16H16BF7N2. The molecule has 0 radical (unpaired) electrons. The molecule has 2 aromatic rings. The van der Waals surface area contributed by atoms with Crippen LogP contribution in [0.1, 0.15) is 6.99 Å². The molecule has 3 rings (SSSR count). The Morgan fingerprint density at radius 1 is 0.885 bits per heavy atom. The number of nitrogens with zero attached hydrogens (tertiary/aromatic N) is 2. The first-order chi connectivity index (χ1) is 12.0. The minimum Gasteiger partial charge on any atom is -0.418 e. The van der Waals surface area contributed by atoms with Gasteiger partial charge < -0.3 is 27.1 Å². The van der Waals surface area contributed by atoms with Gasteiger partial charge in [0.15, 0.2) is 0 Å². The Bertz CT molecular complexity index is 719. The molecule has 0 bridgehead atoms. The molecule has 1 aliphatic heterocycles. The van der Waals surface area contributed by atoms with Crippen LogP contribution in [-0.2, 0) is 6.54 Å². The van der Waals surface area contributed by atoms with Gasteiger partial charge in [0.05, 0.1) is 11.4 Å². The van der Waals surface area contributed by atoms with Gasteiger partial charge in [0, 0.05) is 13.6 Å². The monoisotopic (exact) mass is 380 g/mol. The van der Waals surface area contributed by atoms with Crippen molar-refractivity contribution in [3.8, 4) is 0 Å². The first-order valence-corrected chi connectivity index (χ1v) is 7.55. The van der Waals surface area contributed by atoms with E-state index in [1.54, 1.807) is 24.3 Å². The van der Waals surface area contributed by atoms with Crippen LogP contribution in [0.25, 0.3) is 0 Å². The van der Waals surface area contributed by atoms with E-state index >= 15 is 0 Å². The second-order valence-corrected chi connectivity index (χ2v) is 5.62. The normalized spacial score (nSPS) is 16.8. The van der Waals surface area contributed by atoms with Gasteiger partial charge in [0.2, 0.25) is 6.17 Å². The Balaban J connectivity index is 0.000000542. The highest BCUT2D eigenvalue weighted by Crippen LogP contribution is 2.44. The molecule has 142 valence electrons. The molecule has 2 nitrogen and oxygen atoms in total. The maximum Gasteiger partial charge on any atom is 1.00 e. The molecular weight excluding hydrogens is 364 g/mol. The van der Waals surface area contributed by atoms with Crippen molar-refractivity contribution in [1.29, 1.82) is 0 Å². The fourth-order valence-corrected chi connectivity index (χ4v) is 2.83. The summed E-state index contributed by atoms with van der Waals surface area (Å²) in [6, 6.07) is 16.2. The van der Waals surface area contributed by atoms with Crippen LogP contribution in [0.2, 0.25) is 0 Å². The van der Waals surface area contributed by atoms with Crippen LogP contribution in [0.3, 0.4) is 0 Å². The summed E-state index contributed by atoms with van der Waals surface area (Å²) in [5, 5.41) is 0. The van der Waals surface area contributed by atoms with Crippen LogP contribution in [0, 0.1) is 0 Å². The second kappa shape index (κ2) is 7.47. The third-order valence-electron chi connectivity index (χ3n) is 3.72. The number of fused-ring (bicyclic) bond motifs is 1. The van der Waals surface area contributed by atoms with Crippen molar-refractivity contribution >= 4 is 18.6 Å². The molecule has 0 spiro atoms. The van der Waals surface area contributed by atoms with Gasteiger partial charge in [-0.25, -0.2) is 0 Å². The molecule has 0 saturated carbocycles. The lowest BCUT2D eigenvalue weighted by molar-refractivity contribution is -0.146. The number of anilines is 2. The minimum atomic E-state index is -6.00. The number of para-hydroxylation sites is 2. The van der Waals surface area contributed by atoms with Gasteiger partial charge in [-0.15, -0.1) is 0 Å². The van der Waals surface area contributed by atoms with E-state index in [0.717, 1.165) is 5.56 Å². The maximum atomic E-state index is 13.4. The minimum absolute atomic E-state index is 0. The lowest BCUT2D eigenvalue weighted by Crippen LogP contribution is -2.51. The molecule has 1 heterocycles. The first kappa shape index (κ1) is 19.9. The van der Waals surface area contributed by atoms with Gasteiger partial charge in [-0.1, -0.05) is 42.5 Å². The third kappa shape index (κ3) is 5.06. The average molecular weight is 380 g/mol. The standard InChI is InChI=1S/C16H15F3N2.BF4/c1-20-13-9-5-6-10-14(13)21(15(20)16(17,18)19)11-12-7-3-2-4-8-12;2-1(3,4)5/h2-10,15H,11H2,1H3;/q;-1/p+1. The summed E-state index contributed by atoms with van der Waals surface area (Å²) in [6.45, 7) is 0.229. The van der Waals surface area contributed by atoms with Gasteiger partial charge in [0.25, 0.3) is 0 Å². The topological polar surface area (TPSA) is 6.48 Å². The quantitative estimate of drug-likeness (QED) is 0.506. The Labute approximate surface area is 147 Å². The van der Waals surface area contributed by atoms with Crippen molar-refractivity contribution in [3.63, 3.8) is 0 Å². The van der Waals surface area contributed by atoms with E-state index in [1.807, 2.05) is 30.3 Å². The highest BCUT2D eigenvalue weighted by Gasteiger charge is 2.51. The molecule has 0 saturated heterocycles. The molecule has 0 aliphatic carbocycles. The molecule has 1 unspecified atom stereocenters. The number of halogens is 7. The summed E-state index contributed by atoms with van der Waals surface area (Å²) < 4.78 is 79.3. The highest BCUT2D eigenvalue weighted by molar-refractivity contribution is 6.50. The second-order valence-electron chi connectivity index (χ2n) is 5.62. The van der Waals surface area contributed by atoms with E-state index < -0.39 is 19.6 Å². The number of alkyl halides is 3. The van der Waals surface area contributed by atoms with Crippen LogP contribution in [-0.4, -0.2) is 26.6 Å². The summed E-state index contributed by atoms with van der Waals surface area (Å²) in [5.41, 5.74) is 2.08. The van der Waals surface area contributed by atoms with Crippen molar-refractivity contribution < 1.29 is 31.9 Å². The zero-order valence-electron chi connectivity index (χ0n) is 14.6. The number of rotatable bonds is 2. The van der Waals surface area contributed by atoms with Crippen molar-refractivity contribution in [1.82, 2.24) is 0 Å². The SMILES string of the molecule is CN1c2ccccc2N(Cc2ccccc2)C1C(F)(F)F.F[B-](F)(F)F.[H+]. The van der Waals surface area contributed by atoms with E-state index in [9.17, 15) is 30.4 Å². The lowest BCUT2D eigenvalue weighted by atomic mass is 10.2. The maximum absolute atomic E-state index is 13.4. The molecule has 2 aromatic carbocycles. The molecule has 1 aliphatic rings. The summed E-state index contributed by atoms with van der Waals surface area (Å²) in [5.74, 6) is 0. The van der Waals surface area contributed by atoms with Gasteiger partial charge in [-0.05, 0) is 17.7 Å². The molecule has 10 heteroatoms. The largest absolute Gasteiger partial charge is 1.00 e. The zero-order valence-corrected chi connectivity index (χ0v) is 13.6. The van der Waals surface area contributed by atoms with Gasteiger partial charge in [0.1, 0.15) is 0 Å². The van der Waals surface area contributed by atoms with Crippen molar-refractivity contribution in [3.05, 3.63) is 60.2 Å². The fraction of sp³-hybridized carbons (Fsp3) is 0.250. The van der Waals surface area contributed by atoms with Crippen molar-refractivity contribution in [2.45, 2.75) is 18.9 Å².